The number of hydrogen-bond acceptors (Lipinski definition) is 4. The van der Waals surface area contributed by atoms with Crippen LogP contribution in [0, 0.1) is 6.92 Å². The van der Waals surface area contributed by atoms with Gasteiger partial charge in [0.15, 0.2) is 0 Å². The fraction of sp³-hybridized carbons (Fsp3) is 0.467. The van der Waals surface area contributed by atoms with Crippen molar-refractivity contribution in [3.8, 4) is 0 Å². The van der Waals surface area contributed by atoms with Crippen LogP contribution in [-0.4, -0.2) is 47.6 Å². The van der Waals surface area contributed by atoms with Gasteiger partial charge in [0.25, 0.3) is 5.78 Å². The summed E-state index contributed by atoms with van der Waals surface area (Å²) in [5.74, 6) is -0.863. The predicted molar refractivity (Wildman–Crippen MR) is 74.7 cm³/mol. The van der Waals surface area contributed by atoms with Gasteiger partial charge in [-0.15, -0.1) is 0 Å². The Balaban J connectivity index is 1.81. The quantitative estimate of drug-likeness (QED) is 0.815. The number of aliphatic hydroxyl groups is 1. The van der Waals surface area contributed by atoms with E-state index in [2.05, 4.69) is 4.90 Å². The van der Waals surface area contributed by atoms with E-state index in [9.17, 15) is 14.7 Å². The number of aliphatic hydroxyl groups excluding tert-OH is 1. The van der Waals surface area contributed by atoms with Gasteiger partial charge in [-0.1, -0.05) is 11.6 Å². The Kier molecular flexibility index (Phi) is 3.31. The van der Waals surface area contributed by atoms with Crippen molar-refractivity contribution in [1.82, 2.24) is 4.90 Å². The van der Waals surface area contributed by atoms with Gasteiger partial charge in [-0.3, -0.25) is 19.4 Å². The fourth-order valence-corrected chi connectivity index (χ4v) is 2.82. The zero-order valence-electron chi connectivity index (χ0n) is 11.5. The number of hydrogen-bond donors (Lipinski definition) is 1. The molecule has 1 aromatic carbocycles. The van der Waals surface area contributed by atoms with Gasteiger partial charge in [0.05, 0.1) is 24.0 Å². The molecule has 0 aromatic heterocycles. The van der Waals surface area contributed by atoms with E-state index in [4.69, 9.17) is 0 Å². The van der Waals surface area contributed by atoms with Crippen LogP contribution in [0.15, 0.2) is 18.2 Å². The molecule has 0 bridgehead atoms. The summed E-state index contributed by atoms with van der Waals surface area (Å²) in [6.07, 6.45) is 1.20. The van der Waals surface area contributed by atoms with Gasteiger partial charge in [-0.2, -0.15) is 0 Å². The molecule has 0 spiro atoms. The number of piperidine rings is 1. The summed E-state index contributed by atoms with van der Waals surface area (Å²) in [4.78, 5) is 27.8. The number of rotatable bonds is 2. The zero-order valence-corrected chi connectivity index (χ0v) is 11.5. The van der Waals surface area contributed by atoms with Crippen molar-refractivity contribution < 1.29 is 14.7 Å². The lowest BCUT2D eigenvalue weighted by Gasteiger charge is -2.32. The second-order valence-corrected chi connectivity index (χ2v) is 5.57. The third-order valence-electron chi connectivity index (χ3n) is 4.03. The first-order valence-electron chi connectivity index (χ1n) is 6.93. The molecule has 5 nitrogen and oxygen atoms in total. The van der Waals surface area contributed by atoms with E-state index in [1.807, 2.05) is 19.1 Å². The number of carbonyl (C=O) groups excluding carboxylic acids is 2. The Morgan fingerprint density at radius 3 is 2.65 bits per heavy atom. The number of benzene rings is 1. The van der Waals surface area contributed by atoms with Gasteiger partial charge < -0.3 is 5.11 Å². The van der Waals surface area contributed by atoms with Crippen LogP contribution < -0.4 is 4.90 Å². The lowest BCUT2D eigenvalue weighted by atomic mass is 10.1. The van der Waals surface area contributed by atoms with Crippen LogP contribution in [0.1, 0.15) is 28.8 Å². The van der Waals surface area contributed by atoms with Crippen molar-refractivity contribution in [3.05, 3.63) is 29.3 Å². The van der Waals surface area contributed by atoms with Crippen molar-refractivity contribution in [2.75, 3.05) is 24.7 Å². The Morgan fingerprint density at radius 1 is 1.25 bits per heavy atom. The molecule has 1 aromatic rings. The number of amides is 1. The number of aryl methyl sites for hydroxylation is 1. The zero-order chi connectivity index (χ0) is 14.3. The maximum atomic E-state index is 12.1. The van der Waals surface area contributed by atoms with Crippen molar-refractivity contribution in [2.45, 2.75) is 25.9 Å². The van der Waals surface area contributed by atoms with Crippen molar-refractivity contribution >= 4 is 17.4 Å². The maximum absolute atomic E-state index is 12.1. The summed E-state index contributed by atoms with van der Waals surface area (Å²) in [7, 11) is 0. The lowest BCUT2D eigenvalue weighted by Crippen LogP contribution is -2.45. The molecule has 2 heterocycles. The minimum absolute atomic E-state index is 0.239. The smallest absolute Gasteiger partial charge is 0.300 e. The molecular formula is C15H18N2O3. The number of carbonyl (C=O) groups is 2. The molecule has 1 N–H and O–H groups in total. The molecule has 3 rings (SSSR count). The number of anilines is 1. The molecule has 0 unspecified atom stereocenters. The molecule has 1 amide bonds. The number of ketones is 1. The average molecular weight is 274 g/mol. The van der Waals surface area contributed by atoms with E-state index in [1.54, 1.807) is 11.0 Å². The molecule has 2 aliphatic rings. The Morgan fingerprint density at radius 2 is 1.95 bits per heavy atom. The second kappa shape index (κ2) is 5.00. The van der Waals surface area contributed by atoms with Crippen LogP contribution in [0.5, 0.6) is 0 Å². The molecule has 2 aliphatic heterocycles. The molecule has 0 saturated carbocycles. The van der Waals surface area contributed by atoms with E-state index in [1.165, 1.54) is 0 Å². The first kappa shape index (κ1) is 13.3. The minimum Gasteiger partial charge on any atom is -0.393 e. The molecular weight excluding hydrogens is 256 g/mol. The SMILES string of the molecule is Cc1ccc2c(c1)C(=O)C(=O)N2CN1CCC(O)CC1. The summed E-state index contributed by atoms with van der Waals surface area (Å²) in [5, 5.41) is 9.51. The summed E-state index contributed by atoms with van der Waals surface area (Å²) >= 11 is 0. The average Bonchev–Trinajstić information content (AvgIpc) is 2.66. The highest BCUT2D eigenvalue weighted by Gasteiger charge is 2.36. The lowest BCUT2D eigenvalue weighted by molar-refractivity contribution is -0.114. The summed E-state index contributed by atoms with van der Waals surface area (Å²) in [5.41, 5.74) is 2.19. The van der Waals surface area contributed by atoms with Gasteiger partial charge in [0, 0.05) is 13.1 Å². The summed E-state index contributed by atoms with van der Waals surface area (Å²) in [6.45, 7) is 3.83. The molecule has 0 atom stereocenters. The van der Waals surface area contributed by atoms with Gasteiger partial charge in [0.2, 0.25) is 0 Å². The van der Waals surface area contributed by atoms with Crippen LogP contribution >= 0.6 is 0 Å². The Bertz CT molecular complexity index is 562. The molecule has 0 aliphatic carbocycles. The molecule has 1 fully saturated rings. The van der Waals surface area contributed by atoms with Crippen LogP contribution in [0.2, 0.25) is 0 Å². The van der Waals surface area contributed by atoms with Crippen molar-refractivity contribution in [3.63, 3.8) is 0 Å². The maximum Gasteiger partial charge on any atom is 0.300 e. The van der Waals surface area contributed by atoms with Crippen molar-refractivity contribution in [2.24, 2.45) is 0 Å². The van der Waals surface area contributed by atoms with E-state index < -0.39 is 11.7 Å². The molecule has 1 saturated heterocycles. The molecule has 5 heteroatoms. The number of fused-ring (bicyclic) bond motifs is 1. The number of nitrogens with zero attached hydrogens (tertiary/aromatic N) is 2. The van der Waals surface area contributed by atoms with Crippen LogP contribution in [0.4, 0.5) is 5.69 Å². The van der Waals surface area contributed by atoms with Crippen LogP contribution in [-0.2, 0) is 4.79 Å². The van der Waals surface area contributed by atoms with Crippen molar-refractivity contribution in [1.29, 1.82) is 0 Å². The second-order valence-electron chi connectivity index (χ2n) is 5.57. The first-order valence-corrected chi connectivity index (χ1v) is 6.93. The monoisotopic (exact) mass is 274 g/mol. The number of Topliss-reactive ketones (excluding diaryl/α,β-unsaturated/α-hetero) is 1. The van der Waals surface area contributed by atoms with Crippen LogP contribution in [0.25, 0.3) is 0 Å². The third-order valence-corrected chi connectivity index (χ3v) is 4.03. The highest BCUT2D eigenvalue weighted by molar-refractivity contribution is 6.52. The number of likely N-dealkylation sites (tertiary alicyclic amines) is 1. The molecule has 106 valence electrons. The van der Waals surface area contributed by atoms with Gasteiger partial charge in [0.1, 0.15) is 0 Å². The van der Waals surface area contributed by atoms with E-state index in [0.717, 1.165) is 31.5 Å². The largest absolute Gasteiger partial charge is 0.393 e. The van der Waals surface area contributed by atoms with Gasteiger partial charge in [-0.25, -0.2) is 0 Å². The Hall–Kier alpha value is -1.72. The Labute approximate surface area is 117 Å². The molecule has 20 heavy (non-hydrogen) atoms. The summed E-state index contributed by atoms with van der Waals surface area (Å²) in [6, 6.07) is 5.53. The van der Waals surface area contributed by atoms with E-state index >= 15 is 0 Å². The van der Waals surface area contributed by atoms with Crippen LogP contribution in [0.3, 0.4) is 0 Å². The topological polar surface area (TPSA) is 60.9 Å². The normalized spacial score (nSPS) is 20.6. The first-order chi connectivity index (χ1) is 9.56. The highest BCUT2D eigenvalue weighted by atomic mass is 16.3. The predicted octanol–water partition coefficient (Wildman–Crippen LogP) is 0.939. The fourth-order valence-electron chi connectivity index (χ4n) is 2.82. The van der Waals surface area contributed by atoms with E-state index in [0.29, 0.717) is 17.9 Å². The minimum atomic E-state index is -0.447. The third kappa shape index (κ3) is 2.23. The standard InChI is InChI=1S/C15H18N2O3/c1-10-2-3-13-12(8-10)14(19)15(20)17(13)9-16-6-4-11(18)5-7-16/h2-3,8,11,18H,4-7,9H2,1H3. The molecule has 0 radical (unpaired) electrons. The van der Waals surface area contributed by atoms with E-state index in [-0.39, 0.29) is 6.10 Å². The van der Waals surface area contributed by atoms with Gasteiger partial charge in [-0.05, 0) is 31.9 Å². The van der Waals surface area contributed by atoms with Gasteiger partial charge >= 0.3 is 5.91 Å². The highest BCUT2D eigenvalue weighted by Crippen LogP contribution is 2.30. The summed E-state index contributed by atoms with van der Waals surface area (Å²) < 4.78 is 0.